The van der Waals surface area contributed by atoms with Gasteiger partial charge in [0.1, 0.15) is 5.56 Å². The van der Waals surface area contributed by atoms with Crippen LogP contribution in [0.5, 0.6) is 23.0 Å². The van der Waals surface area contributed by atoms with Crippen molar-refractivity contribution in [2.24, 2.45) is 0 Å². The molecule has 30 heavy (non-hydrogen) atoms. The van der Waals surface area contributed by atoms with E-state index in [9.17, 15) is 20.1 Å². The quantitative estimate of drug-likeness (QED) is 0.196. The number of hydrogen-bond acceptors (Lipinski definition) is 5. The molecule has 3 N–H and O–H groups in total. The van der Waals surface area contributed by atoms with E-state index < -0.39 is 17.5 Å². The van der Waals surface area contributed by atoms with E-state index in [0.717, 1.165) is 51.4 Å². The summed E-state index contributed by atoms with van der Waals surface area (Å²) in [6.45, 7) is 7.03. The molecule has 1 aromatic carbocycles. The Balaban J connectivity index is 3.07. The molecule has 0 spiro atoms. The molecule has 0 unspecified atom stereocenters. The molecule has 0 heterocycles. The minimum absolute atomic E-state index is 0.0602. The fraction of sp³-hybridized carbons (Fsp3) is 0.708. The van der Waals surface area contributed by atoms with E-state index in [0.29, 0.717) is 31.6 Å². The molecule has 0 radical (unpaired) electrons. The van der Waals surface area contributed by atoms with Crippen molar-refractivity contribution in [3.05, 3.63) is 11.1 Å². The Bertz CT molecular complexity index is 641. The van der Waals surface area contributed by atoms with Gasteiger partial charge in [-0.05, 0) is 19.3 Å². The number of rotatable bonds is 17. The number of carboxylic acid groups (broad SMARTS) is 1. The second kappa shape index (κ2) is 14.8. The first kappa shape index (κ1) is 25.9. The molecule has 0 aliphatic heterocycles. The van der Waals surface area contributed by atoms with Crippen LogP contribution < -0.4 is 9.47 Å². The molecule has 0 saturated carbocycles. The third-order valence-corrected chi connectivity index (χ3v) is 5.16. The number of benzene rings is 1. The van der Waals surface area contributed by atoms with E-state index in [1.165, 1.54) is 12.8 Å². The van der Waals surface area contributed by atoms with Gasteiger partial charge in [-0.15, -0.1) is 0 Å². The number of phenols is 2. The maximum absolute atomic E-state index is 11.8. The number of aromatic hydroxyl groups is 2. The number of carbonyl (C=O) groups is 1. The molecule has 1 aromatic rings. The Morgan fingerprint density at radius 1 is 0.700 bits per heavy atom. The highest BCUT2D eigenvalue weighted by Crippen LogP contribution is 2.49. The van der Waals surface area contributed by atoms with E-state index in [1.54, 1.807) is 0 Å². The SMILES string of the molecule is CCCCCCCOc1c(O)c(O)c(C(=O)O)c(CCC)c1OCCCCCCC. The lowest BCUT2D eigenvalue weighted by molar-refractivity contribution is 0.0690. The van der Waals surface area contributed by atoms with Gasteiger partial charge in [-0.1, -0.05) is 78.6 Å². The van der Waals surface area contributed by atoms with Crippen LogP contribution in [0.15, 0.2) is 0 Å². The van der Waals surface area contributed by atoms with Crippen LogP contribution in [0.25, 0.3) is 0 Å². The molecule has 0 atom stereocenters. The van der Waals surface area contributed by atoms with Gasteiger partial charge in [0.15, 0.2) is 11.5 Å². The topological polar surface area (TPSA) is 96.2 Å². The fourth-order valence-corrected chi connectivity index (χ4v) is 3.49. The first-order chi connectivity index (χ1) is 14.5. The number of phenolic OH excluding ortho intramolecular Hbond substituents is 1. The van der Waals surface area contributed by atoms with Crippen LogP contribution >= 0.6 is 0 Å². The summed E-state index contributed by atoms with van der Waals surface area (Å²) in [4.78, 5) is 11.8. The Labute approximate surface area is 181 Å². The Morgan fingerprint density at radius 3 is 1.67 bits per heavy atom. The standard InChI is InChI=1S/C24H40O6/c1-4-7-9-11-13-16-29-22-18(15-6-3)19(24(27)28)20(25)21(26)23(22)30-17-14-12-10-8-5-2/h25-26H,4-17H2,1-3H3,(H,27,28). The normalized spacial score (nSPS) is 10.9. The van der Waals surface area contributed by atoms with Crippen molar-refractivity contribution >= 4 is 5.97 Å². The second-order valence-corrected chi connectivity index (χ2v) is 7.79. The zero-order chi connectivity index (χ0) is 22.4. The third-order valence-electron chi connectivity index (χ3n) is 5.16. The molecule has 0 aliphatic rings. The Kier molecular flexibility index (Phi) is 12.8. The van der Waals surface area contributed by atoms with Gasteiger partial charge in [0.25, 0.3) is 0 Å². The summed E-state index contributed by atoms with van der Waals surface area (Å²) < 4.78 is 11.8. The molecule has 0 bridgehead atoms. The van der Waals surface area contributed by atoms with E-state index in [2.05, 4.69) is 13.8 Å². The van der Waals surface area contributed by atoms with Crippen LogP contribution in [0.2, 0.25) is 0 Å². The average molecular weight is 425 g/mol. The monoisotopic (exact) mass is 424 g/mol. The zero-order valence-corrected chi connectivity index (χ0v) is 19.0. The number of unbranched alkanes of at least 4 members (excludes halogenated alkanes) is 8. The average Bonchev–Trinajstić information content (AvgIpc) is 2.72. The van der Waals surface area contributed by atoms with E-state index >= 15 is 0 Å². The Morgan fingerprint density at radius 2 is 1.20 bits per heavy atom. The number of ether oxygens (including phenoxy) is 2. The van der Waals surface area contributed by atoms with Crippen LogP contribution in [0.3, 0.4) is 0 Å². The summed E-state index contributed by atoms with van der Waals surface area (Å²) in [5.74, 6) is -2.17. The summed E-state index contributed by atoms with van der Waals surface area (Å²) >= 11 is 0. The number of carboxylic acids is 1. The fourth-order valence-electron chi connectivity index (χ4n) is 3.49. The van der Waals surface area contributed by atoms with Crippen molar-refractivity contribution in [1.82, 2.24) is 0 Å². The minimum Gasteiger partial charge on any atom is -0.504 e. The molecular weight excluding hydrogens is 384 g/mol. The van der Waals surface area contributed by atoms with Crippen LogP contribution in [-0.4, -0.2) is 34.5 Å². The van der Waals surface area contributed by atoms with Crippen LogP contribution in [-0.2, 0) is 6.42 Å². The van der Waals surface area contributed by atoms with Crippen molar-refractivity contribution in [1.29, 1.82) is 0 Å². The molecular formula is C24H40O6. The summed E-state index contributed by atoms with van der Waals surface area (Å²) in [5.41, 5.74) is 0.0838. The highest BCUT2D eigenvalue weighted by atomic mass is 16.5. The maximum Gasteiger partial charge on any atom is 0.340 e. The molecule has 172 valence electrons. The van der Waals surface area contributed by atoms with Gasteiger partial charge in [-0.2, -0.15) is 0 Å². The van der Waals surface area contributed by atoms with Gasteiger partial charge in [-0.25, -0.2) is 4.79 Å². The van der Waals surface area contributed by atoms with Gasteiger partial charge in [0.05, 0.1) is 13.2 Å². The molecule has 0 saturated heterocycles. The smallest absolute Gasteiger partial charge is 0.340 e. The molecule has 6 heteroatoms. The lowest BCUT2D eigenvalue weighted by Gasteiger charge is -2.20. The zero-order valence-electron chi connectivity index (χ0n) is 19.0. The van der Waals surface area contributed by atoms with E-state index in [1.807, 2.05) is 6.92 Å². The van der Waals surface area contributed by atoms with Gasteiger partial charge in [0, 0.05) is 5.56 Å². The summed E-state index contributed by atoms with van der Waals surface area (Å²) in [6, 6.07) is 0. The van der Waals surface area contributed by atoms with Crippen molar-refractivity contribution in [2.45, 2.75) is 97.8 Å². The lowest BCUT2D eigenvalue weighted by atomic mass is 9.99. The van der Waals surface area contributed by atoms with E-state index in [4.69, 9.17) is 9.47 Å². The van der Waals surface area contributed by atoms with Gasteiger partial charge < -0.3 is 24.8 Å². The maximum atomic E-state index is 11.8. The van der Waals surface area contributed by atoms with Crippen LogP contribution in [0.4, 0.5) is 0 Å². The molecule has 0 aromatic heterocycles. The highest BCUT2D eigenvalue weighted by molar-refractivity contribution is 5.95. The van der Waals surface area contributed by atoms with Gasteiger partial charge in [-0.3, -0.25) is 0 Å². The molecule has 0 amide bonds. The molecule has 0 aliphatic carbocycles. The van der Waals surface area contributed by atoms with Gasteiger partial charge >= 0.3 is 5.97 Å². The van der Waals surface area contributed by atoms with Crippen molar-refractivity contribution in [2.75, 3.05) is 13.2 Å². The summed E-state index contributed by atoms with van der Waals surface area (Å²) in [5, 5.41) is 30.5. The van der Waals surface area contributed by atoms with E-state index in [-0.39, 0.29) is 17.1 Å². The number of hydrogen-bond donors (Lipinski definition) is 3. The minimum atomic E-state index is -1.29. The summed E-state index contributed by atoms with van der Waals surface area (Å²) in [6.07, 6.45) is 11.7. The Hall–Kier alpha value is -2.11. The molecule has 0 fully saturated rings. The van der Waals surface area contributed by atoms with Gasteiger partial charge in [0.2, 0.25) is 11.5 Å². The van der Waals surface area contributed by atoms with Crippen LogP contribution in [0, 0.1) is 0 Å². The summed E-state index contributed by atoms with van der Waals surface area (Å²) in [7, 11) is 0. The van der Waals surface area contributed by atoms with Crippen LogP contribution in [0.1, 0.15) is 107 Å². The van der Waals surface area contributed by atoms with Crippen molar-refractivity contribution in [3.8, 4) is 23.0 Å². The lowest BCUT2D eigenvalue weighted by Crippen LogP contribution is -2.11. The molecule has 1 rings (SSSR count). The second-order valence-electron chi connectivity index (χ2n) is 7.79. The van der Waals surface area contributed by atoms with Crippen molar-refractivity contribution in [3.63, 3.8) is 0 Å². The largest absolute Gasteiger partial charge is 0.504 e. The number of aromatic carboxylic acids is 1. The molecule has 6 nitrogen and oxygen atoms in total. The predicted molar refractivity (Wildman–Crippen MR) is 119 cm³/mol. The predicted octanol–water partition coefficient (Wildman–Crippen LogP) is 6.45. The highest BCUT2D eigenvalue weighted by Gasteiger charge is 2.29. The third kappa shape index (κ3) is 7.96. The first-order valence-electron chi connectivity index (χ1n) is 11.6. The first-order valence-corrected chi connectivity index (χ1v) is 11.6. The van der Waals surface area contributed by atoms with Crippen molar-refractivity contribution < 1.29 is 29.6 Å².